The van der Waals surface area contributed by atoms with Gasteiger partial charge in [0.25, 0.3) is 0 Å². The van der Waals surface area contributed by atoms with Crippen LogP contribution in [0, 0.1) is 6.92 Å². The zero-order chi connectivity index (χ0) is 9.97. The van der Waals surface area contributed by atoms with Crippen LogP contribution in [0.4, 0.5) is 5.69 Å². The van der Waals surface area contributed by atoms with Crippen LogP contribution in [0.25, 0.3) is 0 Å². The van der Waals surface area contributed by atoms with Crippen LogP contribution < -0.4 is 10.5 Å². The smallest absolute Gasteiger partial charge is 0.238 e. The predicted octanol–water partition coefficient (Wildman–Crippen LogP) is 1.49. The molecule has 0 saturated heterocycles. The second-order valence-corrected chi connectivity index (χ2v) is 2.95. The molecule has 72 valence electrons. The van der Waals surface area contributed by atoms with E-state index in [2.05, 4.69) is 15.2 Å². The molecule has 2 heterocycles. The van der Waals surface area contributed by atoms with Gasteiger partial charge in [-0.1, -0.05) is 0 Å². The van der Waals surface area contributed by atoms with E-state index in [1.54, 1.807) is 24.5 Å². The number of ether oxygens (including phenoxy) is 1. The van der Waals surface area contributed by atoms with E-state index in [9.17, 15) is 0 Å². The van der Waals surface area contributed by atoms with Crippen molar-refractivity contribution in [1.29, 1.82) is 0 Å². The summed E-state index contributed by atoms with van der Waals surface area (Å²) in [6.45, 7) is 1.90. The quantitative estimate of drug-likeness (QED) is 0.752. The van der Waals surface area contributed by atoms with Crippen LogP contribution >= 0.6 is 0 Å². The zero-order valence-corrected chi connectivity index (χ0v) is 7.69. The monoisotopic (exact) mass is 190 g/mol. The molecule has 14 heavy (non-hydrogen) atoms. The number of anilines is 1. The Kier molecular flexibility index (Phi) is 2.06. The minimum Gasteiger partial charge on any atom is -0.436 e. The minimum absolute atomic E-state index is 0.509. The Labute approximate surface area is 80.9 Å². The first-order valence-electron chi connectivity index (χ1n) is 4.14. The van der Waals surface area contributed by atoms with E-state index in [0.717, 1.165) is 5.69 Å². The Balaban J connectivity index is 2.18. The molecule has 5 heteroatoms. The van der Waals surface area contributed by atoms with Gasteiger partial charge in [0.15, 0.2) is 0 Å². The van der Waals surface area contributed by atoms with Crippen molar-refractivity contribution >= 4 is 5.69 Å². The first kappa shape index (κ1) is 8.55. The van der Waals surface area contributed by atoms with E-state index >= 15 is 0 Å². The minimum atomic E-state index is 0.509. The van der Waals surface area contributed by atoms with Crippen molar-refractivity contribution in [3.05, 3.63) is 30.2 Å². The van der Waals surface area contributed by atoms with Crippen molar-refractivity contribution in [2.45, 2.75) is 6.92 Å². The molecule has 0 amide bonds. The summed E-state index contributed by atoms with van der Waals surface area (Å²) in [6, 6.07) is 3.49. The molecule has 0 saturated carbocycles. The van der Waals surface area contributed by atoms with Gasteiger partial charge in [-0.15, -0.1) is 5.10 Å². The summed E-state index contributed by atoms with van der Waals surface area (Å²) in [7, 11) is 0. The number of nitrogens with two attached hydrogens (primary N) is 1. The Morgan fingerprint density at radius 2 is 2.21 bits per heavy atom. The molecule has 2 rings (SSSR count). The summed E-state index contributed by atoms with van der Waals surface area (Å²) in [5, 5.41) is 6.70. The van der Waals surface area contributed by atoms with Crippen molar-refractivity contribution < 1.29 is 4.74 Å². The van der Waals surface area contributed by atoms with Crippen LogP contribution in [0.3, 0.4) is 0 Å². The molecule has 0 atom stereocenters. The van der Waals surface area contributed by atoms with Crippen LogP contribution in [0.5, 0.6) is 11.6 Å². The lowest BCUT2D eigenvalue weighted by Crippen LogP contribution is -1.89. The van der Waals surface area contributed by atoms with Gasteiger partial charge < -0.3 is 10.5 Å². The number of nitrogen functional groups attached to an aromatic ring is 1. The number of rotatable bonds is 2. The number of aromatic nitrogens is 3. The average Bonchev–Trinajstić information content (AvgIpc) is 2.51. The Bertz CT molecular complexity index is 438. The third-order valence-electron chi connectivity index (χ3n) is 1.64. The van der Waals surface area contributed by atoms with Crippen LogP contribution in [0.1, 0.15) is 5.69 Å². The summed E-state index contributed by atoms with van der Waals surface area (Å²) in [5.74, 6) is 1.09. The number of H-pyrrole nitrogens is 1. The van der Waals surface area contributed by atoms with Gasteiger partial charge in [0.05, 0.1) is 18.1 Å². The van der Waals surface area contributed by atoms with Gasteiger partial charge in [-0.25, -0.2) is 0 Å². The molecule has 0 aromatic carbocycles. The van der Waals surface area contributed by atoms with Crippen LogP contribution in [0.2, 0.25) is 0 Å². The highest BCUT2D eigenvalue weighted by Crippen LogP contribution is 2.20. The molecular formula is C9H10N4O. The molecule has 0 spiro atoms. The summed E-state index contributed by atoms with van der Waals surface area (Å²) in [6.07, 6.45) is 3.14. The SMILES string of the molecule is Cc1cc(Oc2cncc(N)c2)n[nH]1. The van der Waals surface area contributed by atoms with Crippen molar-refractivity contribution in [2.75, 3.05) is 5.73 Å². The fraction of sp³-hybridized carbons (Fsp3) is 0.111. The highest BCUT2D eigenvalue weighted by molar-refractivity contribution is 5.41. The highest BCUT2D eigenvalue weighted by Gasteiger charge is 2.00. The standard InChI is InChI=1S/C9H10N4O/c1-6-2-9(13-12-6)14-8-3-7(10)4-11-5-8/h2-5H,10H2,1H3,(H,12,13). The van der Waals surface area contributed by atoms with E-state index in [-0.39, 0.29) is 0 Å². The molecule has 0 aliphatic carbocycles. The Morgan fingerprint density at radius 3 is 2.86 bits per heavy atom. The van der Waals surface area contributed by atoms with E-state index in [4.69, 9.17) is 10.5 Å². The first-order chi connectivity index (χ1) is 6.74. The third-order valence-corrected chi connectivity index (χ3v) is 1.64. The molecule has 0 fully saturated rings. The van der Waals surface area contributed by atoms with Gasteiger partial charge in [-0.05, 0) is 6.92 Å². The molecule has 0 bridgehead atoms. The predicted molar refractivity (Wildman–Crippen MR) is 52.0 cm³/mol. The van der Waals surface area contributed by atoms with Gasteiger partial charge in [-0.3, -0.25) is 10.1 Å². The van der Waals surface area contributed by atoms with Crippen LogP contribution in [-0.2, 0) is 0 Å². The maximum atomic E-state index is 5.55. The van der Waals surface area contributed by atoms with E-state index in [0.29, 0.717) is 17.3 Å². The maximum Gasteiger partial charge on any atom is 0.238 e. The zero-order valence-electron chi connectivity index (χ0n) is 7.69. The van der Waals surface area contributed by atoms with Crippen molar-refractivity contribution in [1.82, 2.24) is 15.2 Å². The topological polar surface area (TPSA) is 76.8 Å². The molecule has 0 aliphatic heterocycles. The van der Waals surface area contributed by atoms with Crippen molar-refractivity contribution in [3.63, 3.8) is 0 Å². The Hall–Kier alpha value is -2.04. The number of hydrogen-bond acceptors (Lipinski definition) is 4. The number of aryl methyl sites for hydroxylation is 1. The summed E-state index contributed by atoms with van der Waals surface area (Å²) in [4.78, 5) is 3.90. The van der Waals surface area contributed by atoms with Gasteiger partial charge >= 0.3 is 0 Å². The first-order valence-corrected chi connectivity index (χ1v) is 4.14. The lowest BCUT2D eigenvalue weighted by molar-refractivity contribution is 0.460. The van der Waals surface area contributed by atoms with E-state index in [1.165, 1.54) is 0 Å². The van der Waals surface area contributed by atoms with Gasteiger partial charge in [0, 0.05) is 17.8 Å². The lowest BCUT2D eigenvalue weighted by Gasteiger charge is -2.00. The number of aromatic amines is 1. The fourth-order valence-corrected chi connectivity index (χ4v) is 1.06. The normalized spacial score (nSPS) is 10.1. The van der Waals surface area contributed by atoms with Crippen molar-refractivity contribution in [3.8, 4) is 11.6 Å². The molecular weight excluding hydrogens is 180 g/mol. The molecule has 0 radical (unpaired) electrons. The highest BCUT2D eigenvalue weighted by atomic mass is 16.5. The Morgan fingerprint density at radius 1 is 1.36 bits per heavy atom. The third kappa shape index (κ3) is 1.82. The molecule has 2 aromatic heterocycles. The second-order valence-electron chi connectivity index (χ2n) is 2.95. The largest absolute Gasteiger partial charge is 0.436 e. The van der Waals surface area contributed by atoms with E-state index < -0.39 is 0 Å². The molecule has 5 nitrogen and oxygen atoms in total. The average molecular weight is 190 g/mol. The summed E-state index contributed by atoms with van der Waals surface area (Å²) >= 11 is 0. The lowest BCUT2D eigenvalue weighted by atomic mass is 10.4. The second kappa shape index (κ2) is 3.37. The number of hydrogen-bond donors (Lipinski definition) is 2. The number of nitrogens with one attached hydrogen (secondary N) is 1. The summed E-state index contributed by atoms with van der Waals surface area (Å²) < 4.78 is 5.40. The van der Waals surface area contributed by atoms with Crippen LogP contribution in [0.15, 0.2) is 24.5 Å². The summed E-state index contributed by atoms with van der Waals surface area (Å²) in [5.41, 5.74) is 7.05. The van der Waals surface area contributed by atoms with Gasteiger partial charge in [0.1, 0.15) is 5.75 Å². The molecule has 0 aliphatic rings. The van der Waals surface area contributed by atoms with E-state index in [1.807, 2.05) is 6.92 Å². The fourth-order valence-electron chi connectivity index (χ4n) is 1.06. The number of pyridine rings is 1. The van der Waals surface area contributed by atoms with Gasteiger partial charge in [-0.2, -0.15) is 0 Å². The van der Waals surface area contributed by atoms with Crippen LogP contribution in [-0.4, -0.2) is 15.2 Å². The molecule has 2 aromatic rings. The van der Waals surface area contributed by atoms with Gasteiger partial charge in [0.2, 0.25) is 5.88 Å². The number of nitrogens with zero attached hydrogens (tertiary/aromatic N) is 2. The maximum absolute atomic E-state index is 5.55. The molecule has 3 N–H and O–H groups in total. The molecule has 0 unspecified atom stereocenters. The van der Waals surface area contributed by atoms with Crippen molar-refractivity contribution in [2.24, 2.45) is 0 Å².